The summed E-state index contributed by atoms with van der Waals surface area (Å²) in [5, 5.41) is 12.3. The summed E-state index contributed by atoms with van der Waals surface area (Å²) in [5.74, 6) is -2.25. The van der Waals surface area contributed by atoms with Gasteiger partial charge in [-0.05, 0) is 35.4 Å². The number of hydrogen-bond donors (Lipinski definition) is 2. The first kappa shape index (κ1) is 24.2. The number of carboxylic acids is 1. The van der Waals surface area contributed by atoms with Crippen LogP contribution in [0, 0.1) is 0 Å². The van der Waals surface area contributed by atoms with E-state index in [1.807, 2.05) is 0 Å². The summed E-state index contributed by atoms with van der Waals surface area (Å²) < 4.78 is 38.2. The molecule has 1 atom stereocenters. The molecule has 10 heteroatoms. The van der Waals surface area contributed by atoms with Gasteiger partial charge in [0.25, 0.3) is 0 Å². The van der Waals surface area contributed by atoms with Crippen molar-refractivity contribution in [3.05, 3.63) is 70.2 Å². The second kappa shape index (κ2) is 10.3. The average Bonchev–Trinajstić information content (AvgIpc) is 2.66. The molecular weight excluding hydrogens is 437 g/mol. The number of nitrogens with zero attached hydrogens (tertiary/aromatic N) is 1. The second-order valence-corrected chi connectivity index (χ2v) is 7.28. The Morgan fingerprint density at radius 3 is 2.13 bits per heavy atom. The summed E-state index contributed by atoms with van der Waals surface area (Å²) in [6, 6.07) is 9.83. The standard InChI is InChI=1S/C21H20ClF3N2O4/c1-13(28)26-18(15-4-8-17(22)9-5-15)10-19(29)27(12-20(30)31)11-14-2-6-16(7-3-14)21(23,24)25/h2-9,18H,10-12H2,1H3,(H,26,28)(H,30,31). The van der Waals surface area contributed by atoms with E-state index in [0.29, 0.717) is 16.1 Å². The predicted octanol–water partition coefficient (Wildman–Crippen LogP) is 4.04. The minimum Gasteiger partial charge on any atom is -0.480 e. The lowest BCUT2D eigenvalue weighted by molar-refractivity contribution is -0.145. The quantitative estimate of drug-likeness (QED) is 0.627. The van der Waals surface area contributed by atoms with Crippen LogP contribution in [-0.2, 0) is 27.1 Å². The minimum absolute atomic E-state index is 0.198. The third kappa shape index (κ3) is 7.60. The molecule has 2 aromatic rings. The van der Waals surface area contributed by atoms with E-state index in [2.05, 4.69) is 5.32 Å². The van der Waals surface area contributed by atoms with Gasteiger partial charge in [-0.25, -0.2) is 0 Å². The molecule has 2 N–H and O–H groups in total. The zero-order valence-electron chi connectivity index (χ0n) is 16.4. The van der Waals surface area contributed by atoms with Crippen LogP contribution in [0.25, 0.3) is 0 Å². The predicted molar refractivity (Wildman–Crippen MR) is 107 cm³/mol. The van der Waals surface area contributed by atoms with Crippen LogP contribution in [0.5, 0.6) is 0 Å². The van der Waals surface area contributed by atoms with Crippen molar-refractivity contribution in [3.8, 4) is 0 Å². The van der Waals surface area contributed by atoms with E-state index in [1.165, 1.54) is 19.1 Å². The van der Waals surface area contributed by atoms with Crippen LogP contribution in [0.3, 0.4) is 0 Å². The van der Waals surface area contributed by atoms with Gasteiger partial charge in [-0.2, -0.15) is 13.2 Å². The Morgan fingerprint density at radius 2 is 1.65 bits per heavy atom. The van der Waals surface area contributed by atoms with Crippen LogP contribution >= 0.6 is 11.6 Å². The van der Waals surface area contributed by atoms with Crippen LogP contribution in [0.15, 0.2) is 48.5 Å². The highest BCUT2D eigenvalue weighted by Crippen LogP contribution is 2.29. The highest BCUT2D eigenvalue weighted by Gasteiger charge is 2.30. The van der Waals surface area contributed by atoms with Gasteiger partial charge < -0.3 is 15.3 Å². The van der Waals surface area contributed by atoms with Gasteiger partial charge in [-0.3, -0.25) is 14.4 Å². The van der Waals surface area contributed by atoms with Crippen molar-refractivity contribution >= 4 is 29.4 Å². The number of rotatable bonds is 8. The Labute approximate surface area is 181 Å². The van der Waals surface area contributed by atoms with E-state index in [9.17, 15) is 27.6 Å². The topological polar surface area (TPSA) is 86.7 Å². The number of amides is 2. The first-order chi connectivity index (χ1) is 14.5. The van der Waals surface area contributed by atoms with Gasteiger partial charge in [-0.1, -0.05) is 35.9 Å². The molecule has 0 saturated heterocycles. The van der Waals surface area contributed by atoms with Crippen LogP contribution in [0.4, 0.5) is 13.2 Å². The maximum absolute atomic E-state index is 12.8. The fraction of sp³-hybridized carbons (Fsp3) is 0.286. The van der Waals surface area contributed by atoms with Crippen molar-refractivity contribution in [2.75, 3.05) is 6.54 Å². The summed E-state index contributed by atoms with van der Waals surface area (Å²) in [4.78, 5) is 36.7. The lowest BCUT2D eigenvalue weighted by Gasteiger charge is -2.25. The molecule has 0 spiro atoms. The maximum Gasteiger partial charge on any atom is 0.416 e. The Bertz CT molecular complexity index is 931. The molecule has 2 rings (SSSR count). The van der Waals surface area contributed by atoms with E-state index in [0.717, 1.165) is 17.0 Å². The lowest BCUT2D eigenvalue weighted by atomic mass is 10.0. The Hall–Kier alpha value is -3.07. The van der Waals surface area contributed by atoms with E-state index in [-0.39, 0.29) is 18.9 Å². The number of halogens is 4. The molecule has 2 amide bonds. The van der Waals surface area contributed by atoms with Crippen molar-refractivity contribution in [1.82, 2.24) is 10.2 Å². The van der Waals surface area contributed by atoms with Crippen molar-refractivity contribution in [1.29, 1.82) is 0 Å². The highest BCUT2D eigenvalue weighted by atomic mass is 35.5. The third-order valence-corrected chi connectivity index (χ3v) is 4.61. The molecule has 1 unspecified atom stereocenters. The van der Waals surface area contributed by atoms with E-state index in [1.54, 1.807) is 24.3 Å². The van der Waals surface area contributed by atoms with Gasteiger partial charge in [-0.15, -0.1) is 0 Å². The fourth-order valence-corrected chi connectivity index (χ4v) is 3.04. The number of carbonyl (C=O) groups excluding carboxylic acids is 2. The van der Waals surface area contributed by atoms with Crippen molar-refractivity contribution in [2.45, 2.75) is 32.1 Å². The minimum atomic E-state index is -4.50. The molecule has 0 saturated carbocycles. The number of hydrogen-bond acceptors (Lipinski definition) is 3. The van der Waals surface area contributed by atoms with Gasteiger partial charge in [0.05, 0.1) is 18.0 Å². The van der Waals surface area contributed by atoms with Crippen LogP contribution in [0.1, 0.15) is 36.1 Å². The molecule has 0 aliphatic heterocycles. The Kier molecular flexibility index (Phi) is 8.04. The number of carbonyl (C=O) groups is 3. The zero-order valence-corrected chi connectivity index (χ0v) is 17.2. The first-order valence-electron chi connectivity index (χ1n) is 9.14. The van der Waals surface area contributed by atoms with Crippen LogP contribution in [-0.4, -0.2) is 34.3 Å². The molecular formula is C21H20ClF3N2O4. The molecule has 2 aromatic carbocycles. The van der Waals surface area contributed by atoms with Gasteiger partial charge in [0.1, 0.15) is 6.54 Å². The van der Waals surface area contributed by atoms with Gasteiger partial charge in [0, 0.05) is 18.5 Å². The largest absolute Gasteiger partial charge is 0.480 e. The van der Waals surface area contributed by atoms with Crippen LogP contribution < -0.4 is 5.32 Å². The molecule has 0 heterocycles. The second-order valence-electron chi connectivity index (χ2n) is 6.85. The fourth-order valence-electron chi connectivity index (χ4n) is 2.91. The molecule has 0 aromatic heterocycles. The smallest absolute Gasteiger partial charge is 0.416 e. The Morgan fingerprint density at radius 1 is 1.06 bits per heavy atom. The summed E-state index contributed by atoms with van der Waals surface area (Å²) in [6.07, 6.45) is -4.74. The molecule has 6 nitrogen and oxygen atoms in total. The molecule has 0 aliphatic rings. The number of carboxylic acid groups (broad SMARTS) is 1. The van der Waals surface area contributed by atoms with E-state index >= 15 is 0 Å². The summed E-state index contributed by atoms with van der Waals surface area (Å²) in [6.45, 7) is 0.439. The third-order valence-electron chi connectivity index (χ3n) is 4.36. The van der Waals surface area contributed by atoms with Gasteiger partial charge in [0.2, 0.25) is 11.8 Å². The molecule has 0 aliphatic carbocycles. The number of alkyl halides is 3. The van der Waals surface area contributed by atoms with E-state index in [4.69, 9.17) is 16.7 Å². The SMILES string of the molecule is CC(=O)NC(CC(=O)N(CC(=O)O)Cc1ccc(C(F)(F)F)cc1)c1ccc(Cl)cc1. The van der Waals surface area contributed by atoms with Crippen molar-refractivity contribution in [2.24, 2.45) is 0 Å². The number of benzene rings is 2. The molecule has 31 heavy (non-hydrogen) atoms. The highest BCUT2D eigenvalue weighted by molar-refractivity contribution is 6.30. The van der Waals surface area contributed by atoms with Crippen molar-refractivity contribution < 1.29 is 32.7 Å². The van der Waals surface area contributed by atoms with Gasteiger partial charge >= 0.3 is 12.1 Å². The number of aliphatic carboxylic acids is 1. The zero-order chi connectivity index (χ0) is 23.2. The molecule has 0 bridgehead atoms. The first-order valence-corrected chi connectivity index (χ1v) is 9.51. The van der Waals surface area contributed by atoms with E-state index < -0.39 is 36.2 Å². The Balaban J connectivity index is 2.21. The lowest BCUT2D eigenvalue weighted by Crippen LogP contribution is -2.38. The van der Waals surface area contributed by atoms with Crippen LogP contribution in [0.2, 0.25) is 5.02 Å². The van der Waals surface area contributed by atoms with Gasteiger partial charge in [0.15, 0.2) is 0 Å². The normalized spacial score (nSPS) is 12.2. The monoisotopic (exact) mass is 456 g/mol. The average molecular weight is 457 g/mol. The summed E-state index contributed by atoms with van der Waals surface area (Å²) in [7, 11) is 0. The summed E-state index contributed by atoms with van der Waals surface area (Å²) in [5.41, 5.74) is 0.0868. The number of nitrogens with one attached hydrogen (secondary N) is 1. The summed E-state index contributed by atoms with van der Waals surface area (Å²) >= 11 is 5.87. The maximum atomic E-state index is 12.8. The molecule has 0 radical (unpaired) electrons. The molecule has 166 valence electrons. The van der Waals surface area contributed by atoms with Crippen molar-refractivity contribution in [3.63, 3.8) is 0 Å². The molecule has 0 fully saturated rings.